The fraction of sp³-hybridized carbons (Fsp3) is 0.636. The van der Waals surface area contributed by atoms with Crippen molar-refractivity contribution >= 4 is 11.7 Å². The standard InChI is InChI=1S/C11H19N3O/c1-5-10(15-6-2)13-11-9(8(3)4)7-12-14-11/h7-8H,5-6H2,1-4H3,(H,12,14)/b13-10+. The molecule has 0 aromatic carbocycles. The van der Waals surface area contributed by atoms with E-state index in [2.05, 4.69) is 29.0 Å². The molecule has 0 fully saturated rings. The van der Waals surface area contributed by atoms with Crippen LogP contribution in [0.15, 0.2) is 11.2 Å². The Morgan fingerprint density at radius 3 is 2.80 bits per heavy atom. The summed E-state index contributed by atoms with van der Waals surface area (Å²) in [6, 6.07) is 0. The van der Waals surface area contributed by atoms with E-state index in [4.69, 9.17) is 4.74 Å². The van der Waals surface area contributed by atoms with E-state index >= 15 is 0 Å². The SMILES string of the molecule is CCO/C(CC)=N/c1[nH]ncc1C(C)C. The Hall–Kier alpha value is -1.32. The molecule has 0 saturated heterocycles. The summed E-state index contributed by atoms with van der Waals surface area (Å²) in [7, 11) is 0. The quantitative estimate of drug-likeness (QED) is 0.612. The highest BCUT2D eigenvalue weighted by Crippen LogP contribution is 2.24. The highest BCUT2D eigenvalue weighted by Gasteiger charge is 2.08. The van der Waals surface area contributed by atoms with E-state index in [-0.39, 0.29) is 0 Å². The van der Waals surface area contributed by atoms with Crippen molar-refractivity contribution in [3.8, 4) is 0 Å². The van der Waals surface area contributed by atoms with Crippen molar-refractivity contribution in [2.75, 3.05) is 6.61 Å². The first-order chi connectivity index (χ1) is 7.19. The van der Waals surface area contributed by atoms with Gasteiger partial charge in [-0.25, -0.2) is 0 Å². The number of aromatic nitrogens is 2. The minimum atomic E-state index is 0.419. The molecule has 0 saturated carbocycles. The number of hydrogen-bond acceptors (Lipinski definition) is 3. The van der Waals surface area contributed by atoms with E-state index in [1.165, 1.54) is 0 Å². The molecule has 0 unspecified atom stereocenters. The first-order valence-electron chi connectivity index (χ1n) is 5.42. The van der Waals surface area contributed by atoms with Gasteiger partial charge in [-0.2, -0.15) is 10.1 Å². The Bertz CT molecular complexity index is 328. The number of hydrogen-bond donors (Lipinski definition) is 1. The fourth-order valence-electron chi connectivity index (χ4n) is 1.31. The Balaban J connectivity index is 2.90. The maximum absolute atomic E-state index is 5.40. The summed E-state index contributed by atoms with van der Waals surface area (Å²) in [5, 5.41) is 6.90. The van der Waals surface area contributed by atoms with Crippen LogP contribution in [-0.4, -0.2) is 22.7 Å². The van der Waals surface area contributed by atoms with Crippen LogP contribution in [0.1, 0.15) is 45.6 Å². The Labute approximate surface area is 90.8 Å². The molecule has 1 aromatic rings. The van der Waals surface area contributed by atoms with Crippen LogP contribution in [0.5, 0.6) is 0 Å². The molecule has 1 rings (SSSR count). The number of aliphatic imine (C=N–C) groups is 1. The van der Waals surface area contributed by atoms with Gasteiger partial charge in [0.2, 0.25) is 0 Å². The summed E-state index contributed by atoms with van der Waals surface area (Å²) in [5.41, 5.74) is 1.13. The van der Waals surface area contributed by atoms with Crippen molar-refractivity contribution in [2.24, 2.45) is 4.99 Å². The second-order valence-electron chi connectivity index (χ2n) is 3.62. The summed E-state index contributed by atoms with van der Waals surface area (Å²) >= 11 is 0. The van der Waals surface area contributed by atoms with Gasteiger partial charge in [0.05, 0.1) is 12.8 Å². The lowest BCUT2D eigenvalue weighted by Gasteiger charge is -2.06. The predicted octanol–water partition coefficient (Wildman–Crippen LogP) is 3.01. The van der Waals surface area contributed by atoms with Crippen LogP contribution >= 0.6 is 0 Å². The van der Waals surface area contributed by atoms with Gasteiger partial charge in [-0.3, -0.25) is 5.10 Å². The van der Waals surface area contributed by atoms with Gasteiger partial charge >= 0.3 is 0 Å². The van der Waals surface area contributed by atoms with Crippen LogP contribution in [0.25, 0.3) is 0 Å². The average molecular weight is 209 g/mol. The molecule has 0 aliphatic rings. The molecule has 15 heavy (non-hydrogen) atoms. The highest BCUT2D eigenvalue weighted by atomic mass is 16.5. The second-order valence-corrected chi connectivity index (χ2v) is 3.62. The van der Waals surface area contributed by atoms with E-state index in [9.17, 15) is 0 Å². The molecule has 1 heterocycles. The largest absolute Gasteiger partial charge is 0.481 e. The van der Waals surface area contributed by atoms with Crippen molar-refractivity contribution in [3.05, 3.63) is 11.8 Å². The van der Waals surface area contributed by atoms with Gasteiger partial charge in [-0.15, -0.1) is 0 Å². The van der Waals surface area contributed by atoms with Crippen molar-refractivity contribution in [1.29, 1.82) is 0 Å². The number of H-pyrrole nitrogens is 1. The summed E-state index contributed by atoms with van der Waals surface area (Å²) in [6.45, 7) is 8.88. The number of ether oxygens (including phenoxy) is 1. The molecule has 84 valence electrons. The van der Waals surface area contributed by atoms with E-state index in [1.54, 1.807) is 0 Å². The van der Waals surface area contributed by atoms with Crippen molar-refractivity contribution in [3.63, 3.8) is 0 Å². The van der Waals surface area contributed by atoms with Gasteiger partial charge in [0.15, 0.2) is 11.7 Å². The number of nitrogens with one attached hydrogen (secondary N) is 1. The highest BCUT2D eigenvalue weighted by molar-refractivity contribution is 5.78. The molecule has 0 amide bonds. The first-order valence-corrected chi connectivity index (χ1v) is 5.42. The smallest absolute Gasteiger partial charge is 0.189 e. The van der Waals surface area contributed by atoms with Gasteiger partial charge < -0.3 is 4.74 Å². The Morgan fingerprint density at radius 2 is 2.27 bits per heavy atom. The molecule has 4 heteroatoms. The molecule has 0 atom stereocenters. The molecule has 0 aliphatic carbocycles. The van der Waals surface area contributed by atoms with Crippen LogP contribution in [0, 0.1) is 0 Å². The van der Waals surface area contributed by atoms with Gasteiger partial charge in [0, 0.05) is 12.0 Å². The molecular formula is C11H19N3O. The molecule has 0 radical (unpaired) electrons. The maximum atomic E-state index is 5.40. The van der Waals surface area contributed by atoms with Crippen molar-refractivity contribution < 1.29 is 4.74 Å². The van der Waals surface area contributed by atoms with Crippen LogP contribution in [0.2, 0.25) is 0 Å². The van der Waals surface area contributed by atoms with Crippen molar-refractivity contribution in [2.45, 2.75) is 40.0 Å². The number of aromatic amines is 1. The maximum Gasteiger partial charge on any atom is 0.189 e. The zero-order chi connectivity index (χ0) is 11.3. The predicted molar refractivity (Wildman–Crippen MR) is 61.7 cm³/mol. The normalized spacial score (nSPS) is 12.2. The fourth-order valence-corrected chi connectivity index (χ4v) is 1.31. The summed E-state index contributed by atoms with van der Waals surface area (Å²) < 4.78 is 5.40. The second kappa shape index (κ2) is 5.53. The lowest BCUT2D eigenvalue weighted by atomic mass is 10.1. The van der Waals surface area contributed by atoms with Crippen LogP contribution in [0.3, 0.4) is 0 Å². The van der Waals surface area contributed by atoms with E-state index in [1.807, 2.05) is 20.0 Å². The Morgan fingerprint density at radius 1 is 1.53 bits per heavy atom. The lowest BCUT2D eigenvalue weighted by molar-refractivity contribution is 0.319. The summed E-state index contributed by atoms with van der Waals surface area (Å²) in [6.07, 6.45) is 2.62. The molecule has 1 aromatic heterocycles. The molecular weight excluding hydrogens is 190 g/mol. The zero-order valence-corrected chi connectivity index (χ0v) is 9.87. The van der Waals surface area contributed by atoms with Gasteiger partial charge in [-0.1, -0.05) is 20.8 Å². The van der Waals surface area contributed by atoms with Crippen LogP contribution < -0.4 is 0 Å². The molecule has 0 bridgehead atoms. The topological polar surface area (TPSA) is 50.3 Å². The lowest BCUT2D eigenvalue weighted by Crippen LogP contribution is -2.02. The zero-order valence-electron chi connectivity index (χ0n) is 9.87. The van der Waals surface area contributed by atoms with Gasteiger partial charge in [0.1, 0.15) is 0 Å². The van der Waals surface area contributed by atoms with Crippen molar-refractivity contribution in [1.82, 2.24) is 10.2 Å². The Kier molecular flexibility index (Phi) is 4.34. The molecule has 0 spiro atoms. The number of rotatable bonds is 4. The van der Waals surface area contributed by atoms with Crippen LogP contribution in [0.4, 0.5) is 5.82 Å². The van der Waals surface area contributed by atoms with Gasteiger partial charge in [-0.05, 0) is 12.8 Å². The van der Waals surface area contributed by atoms with Crippen LogP contribution in [-0.2, 0) is 4.74 Å². The molecule has 1 N–H and O–H groups in total. The minimum absolute atomic E-state index is 0.419. The summed E-state index contributed by atoms with van der Waals surface area (Å²) in [4.78, 5) is 4.42. The molecule has 4 nitrogen and oxygen atoms in total. The third-order valence-corrected chi connectivity index (χ3v) is 2.12. The summed E-state index contributed by atoms with van der Waals surface area (Å²) in [5.74, 6) is 1.99. The third-order valence-electron chi connectivity index (χ3n) is 2.12. The number of nitrogens with zero attached hydrogens (tertiary/aromatic N) is 2. The van der Waals surface area contributed by atoms with E-state index < -0.39 is 0 Å². The monoisotopic (exact) mass is 209 g/mol. The van der Waals surface area contributed by atoms with Gasteiger partial charge in [0.25, 0.3) is 0 Å². The molecule has 0 aliphatic heterocycles. The third kappa shape index (κ3) is 3.08. The van der Waals surface area contributed by atoms with E-state index in [0.29, 0.717) is 12.5 Å². The minimum Gasteiger partial charge on any atom is -0.481 e. The average Bonchev–Trinajstić information content (AvgIpc) is 2.65. The first kappa shape index (κ1) is 11.8. The van der Waals surface area contributed by atoms with E-state index in [0.717, 1.165) is 23.7 Å².